The number of likely N-dealkylation sites (tertiary alicyclic amines) is 1. The Bertz CT molecular complexity index is 1340. The number of alkyl halides is 2. The third-order valence-corrected chi connectivity index (χ3v) is 7.48. The zero-order valence-electron chi connectivity index (χ0n) is 19.2. The Balaban J connectivity index is 1.35. The number of aromatic hydroxyl groups is 1. The number of aryl methyl sites for hydroxylation is 1. The Kier molecular flexibility index (Phi) is 6.54. The maximum absolute atomic E-state index is 13.3. The van der Waals surface area contributed by atoms with Gasteiger partial charge in [0.25, 0.3) is 0 Å². The molecule has 3 aromatic carbocycles. The molecule has 0 saturated carbocycles. The van der Waals surface area contributed by atoms with Crippen molar-refractivity contribution in [2.24, 2.45) is 5.92 Å². The minimum atomic E-state index is -2.23. The second-order valence-corrected chi connectivity index (χ2v) is 10.0. The molecule has 0 unspecified atom stereocenters. The Morgan fingerprint density at radius 2 is 1.80 bits per heavy atom. The number of carbonyl (C=O) groups excluding carboxylic acids is 1. The lowest BCUT2D eigenvalue weighted by Crippen LogP contribution is -2.50. The first-order valence-corrected chi connectivity index (χ1v) is 12.3. The summed E-state index contributed by atoms with van der Waals surface area (Å²) in [4.78, 5) is 15.9. The summed E-state index contributed by atoms with van der Waals surface area (Å²) in [5.74, 6) is 0.577. The summed E-state index contributed by atoms with van der Waals surface area (Å²) in [6.45, 7) is 3.63. The molecule has 1 aromatic heterocycles. The molecular formula is C28H25F2NO3S. The standard InChI is InChI=1S/C28H25F2NO3S/c1-17-2-6-19(7-3-17)25(33)27-26(23-11-8-21(32)14-24(23)35-27)34-22-9-4-18(5-10-22)12-13-31-15-20(16-31)28(29)30/h2-11,14,20,28,32H,12-13,15-16H2,1H3. The quantitative estimate of drug-likeness (QED) is 0.278. The molecule has 0 spiro atoms. The van der Waals surface area contributed by atoms with Crippen LogP contribution >= 0.6 is 11.3 Å². The maximum Gasteiger partial charge on any atom is 0.243 e. The summed E-state index contributed by atoms with van der Waals surface area (Å²) >= 11 is 1.30. The number of halogens is 2. The van der Waals surface area contributed by atoms with Crippen molar-refractivity contribution in [2.75, 3.05) is 19.6 Å². The van der Waals surface area contributed by atoms with Crippen LogP contribution < -0.4 is 4.74 Å². The summed E-state index contributed by atoms with van der Waals surface area (Å²) < 4.78 is 32.3. The predicted molar refractivity (Wildman–Crippen MR) is 134 cm³/mol. The molecule has 35 heavy (non-hydrogen) atoms. The van der Waals surface area contributed by atoms with Crippen molar-refractivity contribution >= 4 is 27.2 Å². The van der Waals surface area contributed by atoms with Gasteiger partial charge in [0, 0.05) is 41.2 Å². The second-order valence-electron chi connectivity index (χ2n) is 8.99. The number of benzene rings is 3. The topological polar surface area (TPSA) is 49.8 Å². The summed E-state index contributed by atoms with van der Waals surface area (Å²) in [6, 6.07) is 20.0. The van der Waals surface area contributed by atoms with Crippen molar-refractivity contribution in [3.05, 3.63) is 88.3 Å². The minimum Gasteiger partial charge on any atom is -0.508 e. The van der Waals surface area contributed by atoms with Crippen LogP contribution in [-0.4, -0.2) is 41.8 Å². The third kappa shape index (κ3) is 5.06. The molecule has 180 valence electrons. The molecule has 2 heterocycles. The summed E-state index contributed by atoms with van der Waals surface area (Å²) in [6.07, 6.45) is -1.46. The molecule has 0 aliphatic carbocycles. The van der Waals surface area contributed by atoms with Gasteiger partial charge in [0.2, 0.25) is 12.2 Å². The Morgan fingerprint density at radius 1 is 1.09 bits per heavy atom. The highest BCUT2D eigenvalue weighted by atomic mass is 32.1. The number of fused-ring (bicyclic) bond motifs is 1. The first kappa shape index (κ1) is 23.5. The van der Waals surface area contributed by atoms with Crippen LogP contribution in [0.2, 0.25) is 0 Å². The van der Waals surface area contributed by atoms with Gasteiger partial charge in [-0.05, 0) is 49.2 Å². The summed E-state index contributed by atoms with van der Waals surface area (Å²) in [5, 5.41) is 10.7. The number of thiophene rings is 1. The summed E-state index contributed by atoms with van der Waals surface area (Å²) in [5.41, 5.74) is 2.74. The third-order valence-electron chi connectivity index (χ3n) is 6.35. The van der Waals surface area contributed by atoms with Crippen LogP contribution in [0.4, 0.5) is 8.78 Å². The van der Waals surface area contributed by atoms with Gasteiger partial charge in [-0.2, -0.15) is 0 Å². The van der Waals surface area contributed by atoms with Crippen molar-refractivity contribution in [3.63, 3.8) is 0 Å². The lowest BCUT2D eigenvalue weighted by atomic mass is 10.00. The summed E-state index contributed by atoms with van der Waals surface area (Å²) in [7, 11) is 0. The number of rotatable bonds is 8. The van der Waals surface area contributed by atoms with Gasteiger partial charge >= 0.3 is 0 Å². The van der Waals surface area contributed by atoms with E-state index in [0.29, 0.717) is 35.0 Å². The Morgan fingerprint density at radius 3 is 2.49 bits per heavy atom. The smallest absolute Gasteiger partial charge is 0.243 e. The van der Waals surface area contributed by atoms with E-state index in [4.69, 9.17) is 4.74 Å². The normalized spacial score (nSPS) is 14.4. The molecule has 4 nitrogen and oxygen atoms in total. The van der Waals surface area contributed by atoms with Gasteiger partial charge in [-0.25, -0.2) is 8.78 Å². The number of phenols is 1. The number of carbonyl (C=O) groups is 1. The van der Waals surface area contributed by atoms with Crippen molar-refractivity contribution in [2.45, 2.75) is 19.8 Å². The Hall–Kier alpha value is -3.29. The van der Waals surface area contributed by atoms with Gasteiger partial charge in [0.1, 0.15) is 16.4 Å². The van der Waals surface area contributed by atoms with Crippen molar-refractivity contribution in [1.29, 1.82) is 0 Å². The van der Waals surface area contributed by atoms with Gasteiger partial charge in [0.15, 0.2) is 5.75 Å². The van der Waals surface area contributed by atoms with Gasteiger partial charge in [0.05, 0.1) is 0 Å². The fraction of sp³-hybridized carbons (Fsp3) is 0.250. The van der Waals surface area contributed by atoms with Crippen LogP contribution in [0.15, 0.2) is 66.7 Å². The number of hydrogen-bond acceptors (Lipinski definition) is 5. The van der Waals surface area contributed by atoms with Gasteiger partial charge in [-0.3, -0.25) is 4.79 Å². The van der Waals surface area contributed by atoms with Crippen LogP contribution in [0, 0.1) is 12.8 Å². The molecule has 0 atom stereocenters. The predicted octanol–water partition coefficient (Wildman–Crippen LogP) is 6.68. The van der Waals surface area contributed by atoms with Crippen molar-refractivity contribution in [3.8, 4) is 17.2 Å². The maximum atomic E-state index is 13.3. The van der Waals surface area contributed by atoms with E-state index in [0.717, 1.165) is 34.2 Å². The largest absolute Gasteiger partial charge is 0.508 e. The zero-order valence-corrected chi connectivity index (χ0v) is 20.0. The average molecular weight is 494 g/mol. The molecule has 1 saturated heterocycles. The number of nitrogens with zero attached hydrogens (tertiary/aromatic N) is 1. The zero-order chi connectivity index (χ0) is 24.5. The van der Waals surface area contributed by atoms with Crippen LogP contribution in [-0.2, 0) is 6.42 Å². The van der Waals surface area contributed by atoms with Crippen molar-refractivity contribution in [1.82, 2.24) is 4.90 Å². The first-order chi connectivity index (χ1) is 16.9. The van der Waals surface area contributed by atoms with E-state index in [1.807, 2.05) is 48.2 Å². The molecule has 1 aliphatic heterocycles. The van der Waals surface area contributed by atoms with Crippen LogP contribution in [0.1, 0.15) is 26.4 Å². The molecule has 1 N–H and O–H groups in total. The highest BCUT2D eigenvalue weighted by Crippen LogP contribution is 2.42. The molecule has 1 aliphatic rings. The fourth-order valence-corrected chi connectivity index (χ4v) is 5.35. The van der Waals surface area contributed by atoms with E-state index in [2.05, 4.69) is 0 Å². The highest BCUT2D eigenvalue weighted by molar-refractivity contribution is 7.21. The Labute approximate surface area is 206 Å². The monoisotopic (exact) mass is 493 g/mol. The number of ketones is 1. The molecule has 1 fully saturated rings. The van der Waals surface area contributed by atoms with E-state index < -0.39 is 12.3 Å². The molecule has 5 rings (SSSR count). The minimum absolute atomic E-state index is 0.131. The average Bonchev–Trinajstić information content (AvgIpc) is 3.16. The highest BCUT2D eigenvalue weighted by Gasteiger charge is 2.33. The van der Waals surface area contributed by atoms with E-state index in [1.165, 1.54) is 11.3 Å². The number of hydrogen-bond donors (Lipinski definition) is 1. The second kappa shape index (κ2) is 9.76. The van der Waals surface area contributed by atoms with Crippen LogP contribution in [0.5, 0.6) is 17.2 Å². The number of ether oxygens (including phenoxy) is 1. The lowest BCUT2D eigenvalue weighted by molar-refractivity contribution is -0.0233. The van der Waals surface area contributed by atoms with E-state index in [9.17, 15) is 18.7 Å². The molecule has 0 amide bonds. The molecule has 4 aromatic rings. The van der Waals surface area contributed by atoms with E-state index in [1.54, 1.807) is 30.3 Å². The fourth-order valence-electron chi connectivity index (χ4n) is 4.23. The number of phenolic OH excluding ortho intramolecular Hbond substituents is 1. The van der Waals surface area contributed by atoms with Gasteiger partial charge < -0.3 is 14.7 Å². The van der Waals surface area contributed by atoms with Gasteiger partial charge in [-0.15, -0.1) is 11.3 Å². The molecule has 7 heteroatoms. The molecule has 0 bridgehead atoms. The molecular weight excluding hydrogens is 468 g/mol. The van der Waals surface area contributed by atoms with Gasteiger partial charge in [-0.1, -0.05) is 42.0 Å². The SMILES string of the molecule is Cc1ccc(C(=O)c2sc3cc(O)ccc3c2Oc2ccc(CCN3CC(C(F)F)C3)cc2)cc1. The first-order valence-electron chi connectivity index (χ1n) is 11.5. The van der Waals surface area contributed by atoms with Crippen molar-refractivity contribution < 1.29 is 23.4 Å². The van der Waals surface area contributed by atoms with Crippen LogP contribution in [0.3, 0.4) is 0 Å². The molecule has 0 radical (unpaired) electrons. The van der Waals surface area contributed by atoms with E-state index >= 15 is 0 Å². The van der Waals surface area contributed by atoms with E-state index in [-0.39, 0.29) is 11.5 Å². The van der Waals surface area contributed by atoms with Crippen LogP contribution in [0.25, 0.3) is 10.1 Å². The lowest BCUT2D eigenvalue weighted by Gasteiger charge is -2.38.